The molecular weight excluding hydrogens is 260 g/mol. The van der Waals surface area contributed by atoms with Crippen LogP contribution in [0.4, 0.5) is 11.8 Å². The number of nitrogens with one attached hydrogen (secondary N) is 1. The van der Waals surface area contributed by atoms with Crippen molar-refractivity contribution in [3.63, 3.8) is 0 Å². The fourth-order valence-corrected chi connectivity index (χ4v) is 2.23. The van der Waals surface area contributed by atoms with Crippen LogP contribution in [0.2, 0.25) is 0 Å². The van der Waals surface area contributed by atoms with Crippen molar-refractivity contribution in [1.29, 1.82) is 0 Å². The molecule has 0 aliphatic heterocycles. The summed E-state index contributed by atoms with van der Waals surface area (Å²) < 4.78 is 0. The van der Waals surface area contributed by atoms with Gasteiger partial charge in [0.2, 0.25) is 5.95 Å². The Morgan fingerprint density at radius 1 is 1.00 bits per heavy atom. The standard InChI is InChI=1S/C17H24N4/c1-5-21(6-2)16-11-14(4)19-17(20-16)18-12-15-9-7-13(3)8-10-15/h7-11H,5-6,12H2,1-4H3,(H,18,19,20). The van der Waals surface area contributed by atoms with E-state index < -0.39 is 0 Å². The van der Waals surface area contributed by atoms with E-state index >= 15 is 0 Å². The smallest absolute Gasteiger partial charge is 0.225 e. The van der Waals surface area contributed by atoms with Gasteiger partial charge in [-0.25, -0.2) is 4.98 Å². The summed E-state index contributed by atoms with van der Waals surface area (Å²) >= 11 is 0. The maximum Gasteiger partial charge on any atom is 0.225 e. The van der Waals surface area contributed by atoms with E-state index in [1.54, 1.807) is 0 Å². The predicted octanol–water partition coefficient (Wildman–Crippen LogP) is 3.55. The average molecular weight is 284 g/mol. The first-order valence-corrected chi connectivity index (χ1v) is 7.52. The SMILES string of the molecule is CCN(CC)c1cc(C)nc(NCc2ccc(C)cc2)n1. The van der Waals surface area contributed by atoms with E-state index in [0.717, 1.165) is 31.1 Å². The third-order valence-electron chi connectivity index (χ3n) is 3.50. The van der Waals surface area contributed by atoms with E-state index in [2.05, 4.69) is 65.2 Å². The van der Waals surface area contributed by atoms with Crippen molar-refractivity contribution in [2.24, 2.45) is 0 Å². The van der Waals surface area contributed by atoms with Gasteiger partial charge in [-0.15, -0.1) is 0 Å². The number of benzene rings is 1. The summed E-state index contributed by atoms with van der Waals surface area (Å²) in [5, 5.41) is 3.32. The molecule has 0 saturated carbocycles. The minimum Gasteiger partial charge on any atom is -0.357 e. The summed E-state index contributed by atoms with van der Waals surface area (Å²) in [7, 11) is 0. The molecule has 0 spiro atoms. The third-order valence-corrected chi connectivity index (χ3v) is 3.50. The van der Waals surface area contributed by atoms with E-state index in [1.165, 1.54) is 11.1 Å². The molecule has 1 aromatic heterocycles. The Labute approximate surface area is 127 Å². The summed E-state index contributed by atoms with van der Waals surface area (Å²) in [6, 6.07) is 10.5. The van der Waals surface area contributed by atoms with E-state index in [1.807, 2.05) is 13.0 Å². The van der Waals surface area contributed by atoms with Gasteiger partial charge < -0.3 is 10.2 Å². The minimum absolute atomic E-state index is 0.692. The summed E-state index contributed by atoms with van der Waals surface area (Å²) in [5.74, 6) is 1.68. The molecule has 4 heteroatoms. The lowest BCUT2D eigenvalue weighted by molar-refractivity contribution is 0.838. The van der Waals surface area contributed by atoms with Gasteiger partial charge in [0.15, 0.2) is 0 Å². The Morgan fingerprint density at radius 2 is 1.67 bits per heavy atom. The van der Waals surface area contributed by atoms with E-state index in [0.29, 0.717) is 5.95 Å². The van der Waals surface area contributed by atoms with E-state index in [-0.39, 0.29) is 0 Å². The molecule has 0 unspecified atom stereocenters. The van der Waals surface area contributed by atoms with Gasteiger partial charge in [-0.2, -0.15) is 4.98 Å². The zero-order valence-electron chi connectivity index (χ0n) is 13.3. The zero-order valence-corrected chi connectivity index (χ0v) is 13.3. The minimum atomic E-state index is 0.692. The summed E-state index contributed by atoms with van der Waals surface area (Å²) in [4.78, 5) is 11.3. The van der Waals surface area contributed by atoms with Crippen molar-refractivity contribution in [3.05, 3.63) is 47.2 Å². The van der Waals surface area contributed by atoms with Crippen molar-refractivity contribution in [1.82, 2.24) is 9.97 Å². The highest BCUT2D eigenvalue weighted by atomic mass is 15.2. The molecule has 0 amide bonds. The quantitative estimate of drug-likeness (QED) is 0.880. The molecule has 0 aliphatic rings. The second-order valence-corrected chi connectivity index (χ2v) is 5.20. The summed E-state index contributed by atoms with van der Waals surface area (Å²) in [5.41, 5.74) is 3.49. The number of rotatable bonds is 6. The first-order valence-electron chi connectivity index (χ1n) is 7.52. The molecule has 0 saturated heterocycles. The van der Waals surface area contributed by atoms with Crippen LogP contribution < -0.4 is 10.2 Å². The molecule has 0 fully saturated rings. The normalized spacial score (nSPS) is 10.5. The molecule has 0 atom stereocenters. The Morgan fingerprint density at radius 3 is 2.29 bits per heavy atom. The van der Waals surface area contributed by atoms with Gasteiger partial charge in [0.05, 0.1) is 0 Å². The Kier molecular flexibility index (Phi) is 5.14. The number of anilines is 2. The molecule has 112 valence electrons. The van der Waals surface area contributed by atoms with Crippen molar-refractivity contribution in [3.8, 4) is 0 Å². The lowest BCUT2D eigenvalue weighted by Gasteiger charge is -2.20. The monoisotopic (exact) mass is 284 g/mol. The molecule has 0 bridgehead atoms. The second kappa shape index (κ2) is 7.07. The number of aromatic nitrogens is 2. The van der Waals surface area contributed by atoms with Crippen LogP contribution in [-0.4, -0.2) is 23.1 Å². The molecule has 4 nitrogen and oxygen atoms in total. The van der Waals surface area contributed by atoms with Gasteiger partial charge in [-0.05, 0) is 33.3 Å². The highest BCUT2D eigenvalue weighted by molar-refractivity contribution is 5.44. The Hall–Kier alpha value is -2.10. The van der Waals surface area contributed by atoms with Crippen LogP contribution in [0.5, 0.6) is 0 Å². The lowest BCUT2D eigenvalue weighted by Crippen LogP contribution is -2.23. The molecule has 1 heterocycles. The van der Waals surface area contributed by atoms with Crippen molar-refractivity contribution in [2.45, 2.75) is 34.2 Å². The maximum absolute atomic E-state index is 4.61. The molecule has 1 N–H and O–H groups in total. The van der Waals surface area contributed by atoms with Gasteiger partial charge >= 0.3 is 0 Å². The highest BCUT2D eigenvalue weighted by Gasteiger charge is 2.07. The van der Waals surface area contributed by atoms with Crippen molar-refractivity contribution in [2.75, 3.05) is 23.3 Å². The average Bonchev–Trinajstić information content (AvgIpc) is 2.47. The van der Waals surface area contributed by atoms with Gasteiger partial charge in [0, 0.05) is 31.4 Å². The second-order valence-electron chi connectivity index (χ2n) is 5.20. The van der Waals surface area contributed by atoms with Crippen LogP contribution in [0.15, 0.2) is 30.3 Å². The molecular formula is C17H24N4. The lowest BCUT2D eigenvalue weighted by atomic mass is 10.1. The number of aryl methyl sites for hydroxylation is 2. The predicted molar refractivity (Wildman–Crippen MR) is 88.8 cm³/mol. The van der Waals surface area contributed by atoms with Gasteiger partial charge in [-0.1, -0.05) is 29.8 Å². The van der Waals surface area contributed by atoms with Crippen LogP contribution in [0.3, 0.4) is 0 Å². The topological polar surface area (TPSA) is 41.1 Å². The number of hydrogen-bond donors (Lipinski definition) is 1. The largest absolute Gasteiger partial charge is 0.357 e. The fraction of sp³-hybridized carbons (Fsp3) is 0.412. The number of hydrogen-bond acceptors (Lipinski definition) is 4. The number of nitrogens with zero attached hydrogens (tertiary/aromatic N) is 3. The van der Waals surface area contributed by atoms with Crippen LogP contribution in [0.1, 0.15) is 30.7 Å². The third kappa shape index (κ3) is 4.18. The van der Waals surface area contributed by atoms with Crippen molar-refractivity contribution < 1.29 is 0 Å². The van der Waals surface area contributed by atoms with Crippen LogP contribution in [0, 0.1) is 13.8 Å². The Bertz CT molecular complexity index is 574. The van der Waals surface area contributed by atoms with Gasteiger partial charge in [0.25, 0.3) is 0 Å². The van der Waals surface area contributed by atoms with E-state index in [9.17, 15) is 0 Å². The first kappa shape index (κ1) is 15.3. The van der Waals surface area contributed by atoms with Crippen molar-refractivity contribution >= 4 is 11.8 Å². The molecule has 0 radical (unpaired) electrons. The molecule has 2 rings (SSSR count). The van der Waals surface area contributed by atoms with Gasteiger partial charge in [0.1, 0.15) is 5.82 Å². The molecule has 1 aromatic carbocycles. The molecule has 2 aromatic rings. The molecule has 0 aliphatic carbocycles. The maximum atomic E-state index is 4.61. The molecule has 21 heavy (non-hydrogen) atoms. The van der Waals surface area contributed by atoms with Crippen LogP contribution >= 0.6 is 0 Å². The zero-order chi connectivity index (χ0) is 15.2. The fourth-order valence-electron chi connectivity index (χ4n) is 2.23. The first-order chi connectivity index (χ1) is 10.1. The van der Waals surface area contributed by atoms with Gasteiger partial charge in [-0.3, -0.25) is 0 Å². The van der Waals surface area contributed by atoms with Crippen LogP contribution in [-0.2, 0) is 6.54 Å². The van der Waals surface area contributed by atoms with E-state index in [4.69, 9.17) is 0 Å². The summed E-state index contributed by atoms with van der Waals surface area (Å²) in [6.45, 7) is 11.0. The van der Waals surface area contributed by atoms with Crippen LogP contribution in [0.25, 0.3) is 0 Å². The highest BCUT2D eigenvalue weighted by Crippen LogP contribution is 2.15. The Balaban J connectivity index is 2.10. The summed E-state index contributed by atoms with van der Waals surface area (Å²) in [6.07, 6.45) is 0.